The molecule has 1 fully saturated rings. The first kappa shape index (κ1) is 15.6. The third-order valence-corrected chi connectivity index (χ3v) is 4.60. The molecule has 2 aromatic heterocycles. The first-order chi connectivity index (χ1) is 12.2. The molecule has 1 aliphatic rings. The van der Waals surface area contributed by atoms with Crippen molar-refractivity contribution in [3.8, 4) is 0 Å². The van der Waals surface area contributed by atoms with Crippen LogP contribution in [0.25, 0.3) is 5.65 Å². The number of halogens is 1. The number of pyridine rings is 1. The molecule has 128 valence electrons. The van der Waals surface area contributed by atoms with Crippen molar-refractivity contribution in [3.05, 3.63) is 60.3 Å². The Balaban J connectivity index is 1.41. The van der Waals surface area contributed by atoms with Crippen LogP contribution in [0.15, 0.2) is 48.7 Å². The fourth-order valence-corrected chi connectivity index (χ4v) is 3.24. The minimum Gasteiger partial charge on any atom is -0.324 e. The van der Waals surface area contributed by atoms with Crippen LogP contribution in [0.5, 0.6) is 0 Å². The van der Waals surface area contributed by atoms with Crippen LogP contribution < -0.4 is 5.32 Å². The number of carbonyl (C=O) groups excluding carboxylic acids is 1. The van der Waals surface area contributed by atoms with E-state index >= 15 is 0 Å². The molecular formula is C18H18FN5O. The maximum absolute atomic E-state index is 13.7. The summed E-state index contributed by atoms with van der Waals surface area (Å²) in [6.45, 7) is 1.21. The third kappa shape index (κ3) is 3.05. The van der Waals surface area contributed by atoms with Crippen molar-refractivity contribution >= 4 is 17.4 Å². The summed E-state index contributed by atoms with van der Waals surface area (Å²) < 4.78 is 15.7. The number of fused-ring (bicyclic) bond motifs is 1. The van der Waals surface area contributed by atoms with Gasteiger partial charge in [0.2, 0.25) is 0 Å². The molecule has 1 aromatic carbocycles. The quantitative estimate of drug-likeness (QED) is 0.779. The maximum atomic E-state index is 13.7. The highest BCUT2D eigenvalue weighted by Gasteiger charge is 2.27. The first-order valence-corrected chi connectivity index (χ1v) is 8.32. The van der Waals surface area contributed by atoms with Gasteiger partial charge in [-0.15, -0.1) is 10.2 Å². The average molecular weight is 339 g/mol. The van der Waals surface area contributed by atoms with E-state index < -0.39 is 5.82 Å². The molecule has 0 atom stereocenters. The lowest BCUT2D eigenvalue weighted by Gasteiger charge is -2.31. The number of para-hydroxylation sites is 1. The van der Waals surface area contributed by atoms with Crippen molar-refractivity contribution in [2.45, 2.75) is 18.8 Å². The Morgan fingerprint density at radius 1 is 1.08 bits per heavy atom. The number of hydrogen-bond acceptors (Lipinski definition) is 3. The normalized spacial score (nSPS) is 15.5. The summed E-state index contributed by atoms with van der Waals surface area (Å²) in [5, 5.41) is 11.1. The second-order valence-electron chi connectivity index (χ2n) is 6.16. The van der Waals surface area contributed by atoms with Crippen LogP contribution in [0.4, 0.5) is 14.9 Å². The van der Waals surface area contributed by atoms with E-state index in [0.29, 0.717) is 13.1 Å². The molecule has 4 rings (SSSR count). The van der Waals surface area contributed by atoms with E-state index in [-0.39, 0.29) is 17.6 Å². The van der Waals surface area contributed by atoms with Gasteiger partial charge in [0.05, 0.1) is 5.69 Å². The van der Waals surface area contributed by atoms with Crippen molar-refractivity contribution in [2.75, 3.05) is 18.4 Å². The molecule has 1 aliphatic heterocycles. The molecule has 0 spiro atoms. The van der Waals surface area contributed by atoms with E-state index in [1.165, 1.54) is 6.07 Å². The van der Waals surface area contributed by atoms with Gasteiger partial charge in [-0.1, -0.05) is 18.2 Å². The number of benzene rings is 1. The van der Waals surface area contributed by atoms with Crippen LogP contribution in [0.3, 0.4) is 0 Å². The van der Waals surface area contributed by atoms with Gasteiger partial charge in [-0.05, 0) is 37.1 Å². The predicted molar refractivity (Wildman–Crippen MR) is 92.0 cm³/mol. The van der Waals surface area contributed by atoms with Gasteiger partial charge in [0.15, 0.2) is 5.65 Å². The fraction of sp³-hybridized carbons (Fsp3) is 0.278. The van der Waals surface area contributed by atoms with Crippen molar-refractivity contribution in [1.29, 1.82) is 0 Å². The van der Waals surface area contributed by atoms with Gasteiger partial charge in [-0.3, -0.25) is 4.40 Å². The van der Waals surface area contributed by atoms with Gasteiger partial charge in [-0.25, -0.2) is 9.18 Å². The van der Waals surface area contributed by atoms with Crippen LogP contribution in [0, 0.1) is 5.82 Å². The Morgan fingerprint density at radius 2 is 1.84 bits per heavy atom. The molecule has 0 radical (unpaired) electrons. The zero-order chi connectivity index (χ0) is 17.2. The highest BCUT2D eigenvalue weighted by atomic mass is 19.1. The first-order valence-electron chi connectivity index (χ1n) is 8.32. The molecule has 3 heterocycles. The molecule has 1 N–H and O–H groups in total. The van der Waals surface area contributed by atoms with Crippen molar-refractivity contribution in [3.63, 3.8) is 0 Å². The highest BCUT2D eigenvalue weighted by molar-refractivity contribution is 5.89. The molecule has 0 aliphatic carbocycles. The van der Waals surface area contributed by atoms with Crippen LogP contribution in [0.2, 0.25) is 0 Å². The molecule has 3 aromatic rings. The topological polar surface area (TPSA) is 62.5 Å². The predicted octanol–water partition coefficient (Wildman–Crippen LogP) is 3.28. The number of rotatable bonds is 2. The summed E-state index contributed by atoms with van der Waals surface area (Å²) in [4.78, 5) is 14.1. The number of likely N-dealkylation sites (tertiary alicyclic amines) is 1. The summed E-state index contributed by atoms with van der Waals surface area (Å²) in [6.07, 6.45) is 3.57. The number of carbonyl (C=O) groups is 1. The third-order valence-electron chi connectivity index (χ3n) is 4.60. The van der Waals surface area contributed by atoms with Gasteiger partial charge in [0.25, 0.3) is 0 Å². The lowest BCUT2D eigenvalue weighted by molar-refractivity contribution is 0.193. The van der Waals surface area contributed by atoms with E-state index in [1.807, 2.05) is 28.8 Å². The van der Waals surface area contributed by atoms with Gasteiger partial charge in [0, 0.05) is 25.2 Å². The summed E-state index contributed by atoms with van der Waals surface area (Å²) in [5.74, 6) is 0.764. The van der Waals surface area contributed by atoms with Gasteiger partial charge in [0.1, 0.15) is 11.6 Å². The van der Waals surface area contributed by atoms with Crippen LogP contribution in [0.1, 0.15) is 24.6 Å². The maximum Gasteiger partial charge on any atom is 0.321 e. The number of anilines is 1. The molecule has 25 heavy (non-hydrogen) atoms. The molecule has 1 saturated heterocycles. The van der Waals surface area contributed by atoms with E-state index in [4.69, 9.17) is 0 Å². The van der Waals surface area contributed by atoms with Crippen LogP contribution in [-0.2, 0) is 0 Å². The van der Waals surface area contributed by atoms with Crippen LogP contribution >= 0.6 is 0 Å². The van der Waals surface area contributed by atoms with E-state index in [0.717, 1.165) is 24.3 Å². The Morgan fingerprint density at radius 3 is 2.64 bits per heavy atom. The average Bonchev–Trinajstić information content (AvgIpc) is 3.08. The Hall–Kier alpha value is -2.96. The fourth-order valence-electron chi connectivity index (χ4n) is 3.24. The van der Waals surface area contributed by atoms with E-state index in [2.05, 4.69) is 15.5 Å². The lowest BCUT2D eigenvalue weighted by Crippen LogP contribution is -2.41. The molecule has 6 nitrogen and oxygen atoms in total. The van der Waals surface area contributed by atoms with Crippen molar-refractivity contribution in [1.82, 2.24) is 19.5 Å². The molecule has 7 heteroatoms. The van der Waals surface area contributed by atoms with Crippen molar-refractivity contribution < 1.29 is 9.18 Å². The van der Waals surface area contributed by atoms with Gasteiger partial charge < -0.3 is 10.2 Å². The second-order valence-corrected chi connectivity index (χ2v) is 6.16. The highest BCUT2D eigenvalue weighted by Crippen LogP contribution is 2.27. The molecule has 0 unspecified atom stereocenters. The summed E-state index contributed by atoms with van der Waals surface area (Å²) >= 11 is 0. The number of aromatic nitrogens is 3. The van der Waals surface area contributed by atoms with E-state index in [1.54, 1.807) is 23.1 Å². The minimum absolute atomic E-state index is 0.207. The minimum atomic E-state index is -0.430. The smallest absolute Gasteiger partial charge is 0.321 e. The zero-order valence-corrected chi connectivity index (χ0v) is 13.6. The number of urea groups is 1. The van der Waals surface area contributed by atoms with Crippen molar-refractivity contribution in [2.24, 2.45) is 0 Å². The molecule has 0 bridgehead atoms. The number of nitrogens with one attached hydrogen (secondary N) is 1. The zero-order valence-electron chi connectivity index (χ0n) is 13.6. The second kappa shape index (κ2) is 6.51. The summed E-state index contributed by atoms with van der Waals surface area (Å²) in [7, 11) is 0. The number of piperidine rings is 1. The standard InChI is InChI=1S/C18H18FN5O/c19-14-5-1-2-6-15(14)20-18(25)23-11-8-13(9-12-23)17-22-21-16-7-3-4-10-24(16)17/h1-7,10,13H,8-9,11-12H2,(H,20,25). The molecule has 2 amide bonds. The lowest BCUT2D eigenvalue weighted by atomic mass is 9.96. The van der Waals surface area contributed by atoms with Gasteiger partial charge in [-0.2, -0.15) is 0 Å². The monoisotopic (exact) mass is 339 g/mol. The number of nitrogens with zero attached hydrogens (tertiary/aromatic N) is 4. The Labute approximate surface area is 144 Å². The number of amides is 2. The Bertz CT molecular complexity index is 901. The van der Waals surface area contributed by atoms with Gasteiger partial charge >= 0.3 is 6.03 Å². The number of hydrogen-bond donors (Lipinski definition) is 1. The largest absolute Gasteiger partial charge is 0.324 e. The van der Waals surface area contributed by atoms with E-state index in [9.17, 15) is 9.18 Å². The molecular weight excluding hydrogens is 321 g/mol. The summed E-state index contributed by atoms with van der Waals surface area (Å²) in [5.41, 5.74) is 1.04. The molecule has 0 saturated carbocycles. The SMILES string of the molecule is O=C(Nc1ccccc1F)N1CCC(c2nnc3ccccn23)CC1. The van der Waals surface area contributed by atoms with Crippen LogP contribution in [-0.4, -0.2) is 38.6 Å². The Kier molecular flexibility index (Phi) is 4.05. The summed E-state index contributed by atoms with van der Waals surface area (Å²) in [6, 6.07) is 11.7.